The smallest absolute Gasteiger partial charge is 0.236 e. The normalized spacial score (nSPS) is 23.7. The fourth-order valence-corrected chi connectivity index (χ4v) is 4.45. The van der Waals surface area contributed by atoms with Crippen molar-refractivity contribution in [1.82, 2.24) is 25.2 Å². The lowest BCUT2D eigenvalue weighted by Gasteiger charge is -2.39. The van der Waals surface area contributed by atoms with Crippen LogP contribution in [0.2, 0.25) is 0 Å². The summed E-state index contributed by atoms with van der Waals surface area (Å²) in [5.74, 6) is 3.17. The fraction of sp³-hybridized carbons (Fsp3) is 0.773. The Kier molecular flexibility index (Phi) is 8.13. The van der Waals surface area contributed by atoms with Crippen molar-refractivity contribution in [2.75, 3.05) is 52.4 Å². The van der Waals surface area contributed by atoms with Gasteiger partial charge in [0, 0.05) is 51.9 Å². The van der Waals surface area contributed by atoms with Gasteiger partial charge in [-0.05, 0) is 31.6 Å². The summed E-state index contributed by atoms with van der Waals surface area (Å²) < 4.78 is 5.35. The van der Waals surface area contributed by atoms with Crippen LogP contribution in [0.1, 0.15) is 45.6 Å². The third kappa shape index (κ3) is 6.20. The second kappa shape index (κ2) is 10.8. The van der Waals surface area contributed by atoms with E-state index in [1.807, 2.05) is 6.07 Å². The van der Waals surface area contributed by atoms with Crippen molar-refractivity contribution < 1.29 is 9.32 Å². The van der Waals surface area contributed by atoms with Gasteiger partial charge < -0.3 is 19.6 Å². The van der Waals surface area contributed by atoms with E-state index in [0.29, 0.717) is 24.9 Å². The molecule has 1 aromatic heterocycles. The van der Waals surface area contributed by atoms with E-state index >= 15 is 0 Å². The van der Waals surface area contributed by atoms with Gasteiger partial charge in [-0.3, -0.25) is 9.69 Å². The molecule has 0 saturated carbocycles. The number of nitrogens with zero attached hydrogens (tertiary/aromatic N) is 5. The SMILES string of the molecule is CCNC(=NCc1cc(CC)no1)N1CCN(CC(=O)N2CC(C)CC(C)C2)CC1. The molecule has 0 aromatic carbocycles. The van der Waals surface area contributed by atoms with Gasteiger partial charge in [-0.15, -0.1) is 0 Å². The van der Waals surface area contributed by atoms with E-state index in [1.165, 1.54) is 6.42 Å². The molecule has 2 aliphatic rings. The van der Waals surface area contributed by atoms with Gasteiger partial charge in [-0.1, -0.05) is 25.9 Å². The molecule has 0 aliphatic carbocycles. The Balaban J connectivity index is 1.49. The number of aliphatic imine (C=N–C) groups is 1. The summed E-state index contributed by atoms with van der Waals surface area (Å²) in [5.41, 5.74) is 0.959. The first-order valence-corrected chi connectivity index (χ1v) is 11.5. The van der Waals surface area contributed by atoms with Crippen molar-refractivity contribution in [1.29, 1.82) is 0 Å². The van der Waals surface area contributed by atoms with Gasteiger partial charge in [-0.25, -0.2) is 4.99 Å². The van der Waals surface area contributed by atoms with Gasteiger partial charge in [-0.2, -0.15) is 0 Å². The first kappa shape index (κ1) is 22.6. The summed E-state index contributed by atoms with van der Waals surface area (Å²) in [5, 5.41) is 7.42. The summed E-state index contributed by atoms with van der Waals surface area (Å²) in [4.78, 5) is 24.1. The first-order chi connectivity index (χ1) is 14.5. The number of piperazine rings is 1. The molecule has 1 aromatic rings. The maximum atomic E-state index is 12.8. The molecule has 168 valence electrons. The van der Waals surface area contributed by atoms with Crippen LogP contribution in [0.3, 0.4) is 0 Å². The van der Waals surface area contributed by atoms with Gasteiger partial charge in [0.2, 0.25) is 5.91 Å². The van der Waals surface area contributed by atoms with Crippen LogP contribution in [-0.4, -0.2) is 84.1 Å². The monoisotopic (exact) mass is 418 g/mol. The highest BCUT2D eigenvalue weighted by molar-refractivity contribution is 5.80. The van der Waals surface area contributed by atoms with Crippen molar-refractivity contribution in [2.45, 2.75) is 47.1 Å². The average Bonchev–Trinajstić information content (AvgIpc) is 3.19. The Morgan fingerprint density at radius 2 is 1.87 bits per heavy atom. The second-order valence-corrected chi connectivity index (χ2v) is 8.82. The molecule has 2 fully saturated rings. The van der Waals surface area contributed by atoms with E-state index in [1.54, 1.807) is 0 Å². The Hall–Kier alpha value is -2.09. The van der Waals surface area contributed by atoms with Crippen molar-refractivity contribution in [3.05, 3.63) is 17.5 Å². The molecular formula is C22H38N6O2. The lowest BCUT2D eigenvalue weighted by Crippen LogP contribution is -2.55. The number of guanidine groups is 1. The number of hydrogen-bond acceptors (Lipinski definition) is 5. The van der Waals surface area contributed by atoms with Crippen LogP contribution < -0.4 is 5.32 Å². The number of carbonyl (C=O) groups is 1. The third-order valence-electron chi connectivity index (χ3n) is 5.94. The molecule has 0 radical (unpaired) electrons. The van der Waals surface area contributed by atoms with Crippen LogP contribution in [0, 0.1) is 11.8 Å². The number of likely N-dealkylation sites (tertiary alicyclic amines) is 1. The van der Waals surface area contributed by atoms with Crippen molar-refractivity contribution in [2.24, 2.45) is 16.8 Å². The van der Waals surface area contributed by atoms with Gasteiger partial charge >= 0.3 is 0 Å². The number of aryl methyl sites for hydroxylation is 1. The Morgan fingerprint density at radius 3 is 2.47 bits per heavy atom. The molecule has 3 rings (SSSR count). The fourth-order valence-electron chi connectivity index (χ4n) is 4.45. The minimum absolute atomic E-state index is 0.277. The van der Waals surface area contributed by atoms with Crippen LogP contribution in [-0.2, 0) is 17.8 Å². The van der Waals surface area contributed by atoms with E-state index in [-0.39, 0.29) is 5.91 Å². The number of hydrogen-bond donors (Lipinski definition) is 1. The molecule has 1 N–H and O–H groups in total. The van der Waals surface area contributed by atoms with E-state index in [4.69, 9.17) is 9.52 Å². The number of nitrogens with one attached hydrogen (secondary N) is 1. The topological polar surface area (TPSA) is 77.2 Å². The molecule has 2 aliphatic heterocycles. The van der Waals surface area contributed by atoms with Crippen LogP contribution >= 0.6 is 0 Å². The van der Waals surface area contributed by atoms with Gasteiger partial charge in [0.05, 0.1) is 12.2 Å². The molecule has 3 heterocycles. The lowest BCUT2D eigenvalue weighted by molar-refractivity contribution is -0.135. The molecular weight excluding hydrogens is 380 g/mol. The van der Waals surface area contributed by atoms with Crippen LogP contribution in [0.5, 0.6) is 0 Å². The largest absolute Gasteiger partial charge is 0.359 e. The number of piperidine rings is 1. The maximum Gasteiger partial charge on any atom is 0.236 e. The first-order valence-electron chi connectivity index (χ1n) is 11.5. The molecule has 0 spiro atoms. The van der Waals surface area contributed by atoms with Gasteiger partial charge in [0.1, 0.15) is 6.54 Å². The highest BCUT2D eigenvalue weighted by Crippen LogP contribution is 2.21. The minimum Gasteiger partial charge on any atom is -0.359 e. The van der Waals surface area contributed by atoms with Crippen molar-refractivity contribution in [3.8, 4) is 0 Å². The van der Waals surface area contributed by atoms with Crippen LogP contribution in [0.25, 0.3) is 0 Å². The number of carbonyl (C=O) groups excluding carboxylic acids is 1. The lowest BCUT2D eigenvalue weighted by atomic mass is 9.92. The van der Waals surface area contributed by atoms with Gasteiger partial charge in [0.15, 0.2) is 11.7 Å². The highest BCUT2D eigenvalue weighted by Gasteiger charge is 2.28. The summed E-state index contributed by atoms with van der Waals surface area (Å²) in [6.07, 6.45) is 2.09. The third-order valence-corrected chi connectivity index (χ3v) is 5.94. The molecule has 8 heteroatoms. The zero-order chi connectivity index (χ0) is 21.5. The standard InChI is InChI=1S/C22H38N6O2/c1-5-19-12-20(30-25-19)13-24-22(23-6-2)27-9-7-26(8-10-27)16-21(29)28-14-17(3)11-18(4)15-28/h12,17-18H,5-11,13-16H2,1-4H3,(H,23,24). The molecule has 2 saturated heterocycles. The molecule has 8 nitrogen and oxygen atoms in total. The Labute approximate surface area is 180 Å². The zero-order valence-electron chi connectivity index (χ0n) is 19.1. The van der Waals surface area contributed by atoms with Crippen molar-refractivity contribution in [3.63, 3.8) is 0 Å². The summed E-state index contributed by atoms with van der Waals surface area (Å²) in [6.45, 7) is 15.7. The maximum absolute atomic E-state index is 12.8. The number of rotatable bonds is 6. The van der Waals surface area contributed by atoms with Crippen molar-refractivity contribution >= 4 is 11.9 Å². The Bertz CT molecular complexity index is 700. The van der Waals surface area contributed by atoms with Gasteiger partial charge in [0.25, 0.3) is 0 Å². The number of amides is 1. The zero-order valence-corrected chi connectivity index (χ0v) is 19.1. The van der Waals surface area contributed by atoms with Crippen LogP contribution in [0.15, 0.2) is 15.6 Å². The quantitative estimate of drug-likeness (QED) is 0.561. The highest BCUT2D eigenvalue weighted by atomic mass is 16.5. The summed E-state index contributed by atoms with van der Waals surface area (Å²) in [6, 6.07) is 1.97. The molecule has 30 heavy (non-hydrogen) atoms. The molecule has 2 unspecified atom stereocenters. The van der Waals surface area contributed by atoms with Crippen LogP contribution in [0.4, 0.5) is 0 Å². The predicted molar refractivity (Wildman–Crippen MR) is 118 cm³/mol. The molecule has 0 bridgehead atoms. The molecule has 2 atom stereocenters. The summed E-state index contributed by atoms with van der Waals surface area (Å²) >= 11 is 0. The minimum atomic E-state index is 0.277. The predicted octanol–water partition coefficient (Wildman–Crippen LogP) is 1.82. The second-order valence-electron chi connectivity index (χ2n) is 8.82. The average molecular weight is 419 g/mol. The molecule has 1 amide bonds. The van der Waals surface area contributed by atoms with E-state index in [9.17, 15) is 4.79 Å². The summed E-state index contributed by atoms with van der Waals surface area (Å²) in [7, 11) is 0. The number of aromatic nitrogens is 1. The van der Waals surface area contributed by atoms with E-state index in [2.05, 4.69) is 52.9 Å². The Morgan fingerprint density at radius 1 is 1.17 bits per heavy atom. The van der Waals surface area contributed by atoms with E-state index in [0.717, 1.165) is 69.6 Å². The van der Waals surface area contributed by atoms with E-state index < -0.39 is 0 Å².